The fourth-order valence-corrected chi connectivity index (χ4v) is 7.26. The van der Waals surface area contributed by atoms with Gasteiger partial charge in [-0.2, -0.15) is 0 Å². The van der Waals surface area contributed by atoms with Gasteiger partial charge in [0.25, 0.3) is 0 Å². The van der Waals surface area contributed by atoms with Gasteiger partial charge < -0.3 is 45.3 Å². The SMILES string of the molecule is CN1CC[C@]23c4c5ccc(O)c4O[C@H]2[C@@H](NC(=O)COCC(=O)NCCCNC(=O)OC(C)(C)C)CC[C@@]3(O)C1C5. The molecule has 3 amide bonds. The van der Waals surface area contributed by atoms with Gasteiger partial charge in [-0.15, -0.1) is 0 Å². The van der Waals surface area contributed by atoms with Crippen LogP contribution in [0.5, 0.6) is 11.5 Å². The summed E-state index contributed by atoms with van der Waals surface area (Å²) in [6.07, 6.45) is 1.82. The van der Waals surface area contributed by atoms with Crippen molar-refractivity contribution in [2.45, 2.75) is 87.7 Å². The number of alkyl carbamates (subject to hydrolysis) is 1. The van der Waals surface area contributed by atoms with Crippen LogP contribution in [-0.4, -0.2) is 102 Å². The second kappa shape index (κ2) is 11.0. The van der Waals surface area contributed by atoms with E-state index in [-0.39, 0.29) is 42.9 Å². The Labute approximate surface area is 240 Å². The van der Waals surface area contributed by atoms with Gasteiger partial charge in [-0.05, 0) is 78.1 Å². The third-order valence-electron chi connectivity index (χ3n) is 8.89. The lowest BCUT2D eigenvalue weighted by Crippen LogP contribution is -2.77. The number of carbonyl (C=O) groups is 3. The lowest BCUT2D eigenvalue weighted by molar-refractivity contribution is -0.187. The first-order valence-electron chi connectivity index (χ1n) is 14.4. The predicted molar refractivity (Wildman–Crippen MR) is 148 cm³/mol. The summed E-state index contributed by atoms with van der Waals surface area (Å²) in [5.74, 6) is -0.277. The van der Waals surface area contributed by atoms with Crippen molar-refractivity contribution in [3.8, 4) is 11.5 Å². The van der Waals surface area contributed by atoms with E-state index in [9.17, 15) is 24.6 Å². The number of aliphatic hydroxyl groups is 1. The Balaban J connectivity index is 1.11. The molecule has 2 fully saturated rings. The van der Waals surface area contributed by atoms with Gasteiger partial charge in [0, 0.05) is 24.7 Å². The van der Waals surface area contributed by atoms with Crippen LogP contribution < -0.4 is 20.7 Å². The predicted octanol–water partition coefficient (Wildman–Crippen LogP) is 0.709. The number of rotatable bonds is 9. The molecule has 5 N–H and O–H groups in total. The van der Waals surface area contributed by atoms with E-state index in [4.69, 9.17) is 14.2 Å². The molecule has 226 valence electrons. The van der Waals surface area contributed by atoms with E-state index in [1.165, 1.54) is 0 Å². The number of aromatic hydroxyl groups is 1. The molecule has 0 aromatic heterocycles. The zero-order chi connectivity index (χ0) is 29.6. The molecule has 2 heterocycles. The molecule has 5 atom stereocenters. The van der Waals surface area contributed by atoms with Gasteiger partial charge in [0.2, 0.25) is 11.8 Å². The first kappa shape index (κ1) is 29.4. The van der Waals surface area contributed by atoms with Crippen LogP contribution in [0.1, 0.15) is 57.6 Å². The standard InChI is InChI=1S/C29H42N4O8/c1-27(2,3)41-26(37)31-12-5-11-30-21(35)15-39-16-22(36)32-18-8-9-29(38)20-14-17-6-7-19(34)24-23(17)28(29,25(18)40-24)10-13-33(20)4/h6-7,18,20,25,34,38H,5,8-16H2,1-4H3,(H,30,35)(H,31,37)(H,32,36)/t18-,20?,25-,28-,29+/m0/s1. The third-order valence-corrected chi connectivity index (χ3v) is 8.89. The van der Waals surface area contributed by atoms with E-state index in [1.54, 1.807) is 26.8 Å². The molecular formula is C29H42N4O8. The van der Waals surface area contributed by atoms with E-state index in [1.807, 2.05) is 13.1 Å². The highest BCUT2D eigenvalue weighted by Crippen LogP contribution is 2.65. The molecular weight excluding hydrogens is 532 g/mol. The number of benzene rings is 1. The Bertz CT molecular complexity index is 1200. The summed E-state index contributed by atoms with van der Waals surface area (Å²) in [5.41, 5.74) is -0.364. The average molecular weight is 575 g/mol. The minimum absolute atomic E-state index is 0.0484. The van der Waals surface area contributed by atoms with Crippen molar-refractivity contribution in [3.63, 3.8) is 0 Å². The number of phenols is 1. The van der Waals surface area contributed by atoms with E-state index < -0.39 is 28.8 Å². The van der Waals surface area contributed by atoms with Crippen LogP contribution in [0.2, 0.25) is 0 Å². The first-order chi connectivity index (χ1) is 19.4. The van der Waals surface area contributed by atoms with Gasteiger partial charge in [0.1, 0.15) is 24.9 Å². The van der Waals surface area contributed by atoms with E-state index in [0.29, 0.717) is 50.9 Å². The average Bonchev–Trinajstić information content (AvgIpc) is 3.24. The number of nitrogens with zero attached hydrogens (tertiary/aromatic N) is 1. The summed E-state index contributed by atoms with van der Waals surface area (Å²) < 4.78 is 16.9. The van der Waals surface area contributed by atoms with Crippen LogP contribution in [0.15, 0.2) is 12.1 Å². The smallest absolute Gasteiger partial charge is 0.407 e. The minimum Gasteiger partial charge on any atom is -0.504 e. The quantitative estimate of drug-likeness (QED) is 0.268. The molecule has 2 aliphatic carbocycles. The molecule has 2 aliphatic heterocycles. The fourth-order valence-electron chi connectivity index (χ4n) is 7.26. The van der Waals surface area contributed by atoms with Gasteiger partial charge in [-0.3, -0.25) is 9.59 Å². The maximum absolute atomic E-state index is 12.9. The Morgan fingerprint density at radius 3 is 2.61 bits per heavy atom. The Morgan fingerprint density at radius 1 is 1.12 bits per heavy atom. The fraction of sp³-hybridized carbons (Fsp3) is 0.690. The van der Waals surface area contributed by atoms with Crippen LogP contribution in [0.4, 0.5) is 4.79 Å². The van der Waals surface area contributed by atoms with Crippen molar-refractivity contribution >= 4 is 17.9 Å². The molecule has 1 aromatic carbocycles. The molecule has 1 spiro atoms. The van der Waals surface area contributed by atoms with E-state index >= 15 is 0 Å². The Hall–Kier alpha value is -3.09. The molecule has 0 radical (unpaired) electrons. The van der Waals surface area contributed by atoms with Gasteiger partial charge >= 0.3 is 6.09 Å². The van der Waals surface area contributed by atoms with Crippen LogP contribution >= 0.6 is 0 Å². The van der Waals surface area contributed by atoms with Crippen molar-refractivity contribution in [2.24, 2.45) is 0 Å². The normalized spacial score (nSPS) is 29.6. The molecule has 1 unspecified atom stereocenters. The van der Waals surface area contributed by atoms with Gasteiger partial charge in [0.15, 0.2) is 11.5 Å². The molecule has 5 rings (SSSR count). The van der Waals surface area contributed by atoms with E-state index in [2.05, 4.69) is 20.9 Å². The summed E-state index contributed by atoms with van der Waals surface area (Å²) in [5, 5.41) is 31.2. The highest BCUT2D eigenvalue weighted by Gasteiger charge is 2.72. The number of carbonyl (C=O) groups excluding carboxylic acids is 3. The zero-order valence-electron chi connectivity index (χ0n) is 24.2. The Morgan fingerprint density at radius 2 is 1.85 bits per heavy atom. The second-order valence-corrected chi connectivity index (χ2v) is 12.7. The summed E-state index contributed by atoms with van der Waals surface area (Å²) in [4.78, 5) is 38.8. The monoisotopic (exact) mass is 574 g/mol. The molecule has 12 nitrogen and oxygen atoms in total. The molecule has 41 heavy (non-hydrogen) atoms. The highest BCUT2D eigenvalue weighted by molar-refractivity contribution is 5.80. The van der Waals surface area contributed by atoms with Crippen LogP contribution in [0.25, 0.3) is 0 Å². The summed E-state index contributed by atoms with van der Waals surface area (Å²) in [6, 6.07) is 3.11. The van der Waals surface area contributed by atoms with Crippen molar-refractivity contribution in [1.82, 2.24) is 20.9 Å². The van der Waals surface area contributed by atoms with Crippen LogP contribution in [-0.2, 0) is 30.9 Å². The first-order valence-corrected chi connectivity index (χ1v) is 14.4. The number of hydrogen-bond acceptors (Lipinski definition) is 9. The van der Waals surface area contributed by atoms with Crippen molar-refractivity contribution in [1.29, 1.82) is 0 Å². The number of amides is 3. The Kier molecular flexibility index (Phi) is 7.86. The van der Waals surface area contributed by atoms with Crippen molar-refractivity contribution in [3.05, 3.63) is 23.3 Å². The minimum atomic E-state index is -1.03. The van der Waals surface area contributed by atoms with Crippen molar-refractivity contribution < 1.29 is 38.8 Å². The lowest BCUT2D eigenvalue weighted by atomic mass is 9.48. The van der Waals surface area contributed by atoms with Crippen LogP contribution in [0.3, 0.4) is 0 Å². The maximum atomic E-state index is 12.9. The maximum Gasteiger partial charge on any atom is 0.407 e. The molecule has 1 aromatic rings. The third kappa shape index (κ3) is 5.32. The van der Waals surface area contributed by atoms with Crippen LogP contribution in [0, 0.1) is 0 Å². The summed E-state index contributed by atoms with van der Waals surface area (Å²) in [7, 11) is 2.04. The number of phenolic OH excluding ortho intramolecular Hbond substituents is 1. The second-order valence-electron chi connectivity index (χ2n) is 12.7. The highest BCUT2D eigenvalue weighted by atomic mass is 16.6. The van der Waals surface area contributed by atoms with Crippen molar-refractivity contribution in [2.75, 3.05) is 39.9 Å². The number of likely N-dealkylation sites (tertiary alicyclic amines) is 1. The molecule has 2 bridgehead atoms. The molecule has 1 saturated heterocycles. The summed E-state index contributed by atoms with van der Waals surface area (Å²) >= 11 is 0. The number of likely N-dealkylation sites (N-methyl/N-ethyl adjacent to an activating group) is 1. The molecule has 12 heteroatoms. The number of ether oxygens (including phenoxy) is 3. The largest absolute Gasteiger partial charge is 0.504 e. The number of hydrogen-bond donors (Lipinski definition) is 5. The van der Waals surface area contributed by atoms with E-state index in [0.717, 1.165) is 17.7 Å². The van der Waals surface area contributed by atoms with Gasteiger partial charge in [-0.1, -0.05) is 6.07 Å². The molecule has 1 saturated carbocycles. The van der Waals surface area contributed by atoms with Gasteiger partial charge in [-0.25, -0.2) is 4.79 Å². The number of nitrogens with one attached hydrogen (secondary N) is 3. The lowest BCUT2D eigenvalue weighted by Gasteiger charge is -2.63. The summed E-state index contributed by atoms with van der Waals surface area (Å²) in [6.45, 7) is 6.22. The molecule has 4 aliphatic rings. The van der Waals surface area contributed by atoms with Gasteiger partial charge in [0.05, 0.1) is 17.1 Å². The zero-order valence-corrected chi connectivity index (χ0v) is 24.2. The number of piperidine rings is 1. The topological polar surface area (TPSA) is 159 Å².